The van der Waals surface area contributed by atoms with E-state index in [9.17, 15) is 13.2 Å². The SMILES string of the molecule is Cc1cc(C)cc(NS(=O)(=O)c2cccc(C(=O)Nc3cc(C)on3)c2)c1. The number of rotatable bonds is 5. The first-order valence-electron chi connectivity index (χ1n) is 8.19. The Morgan fingerprint density at radius 1 is 1.00 bits per heavy atom. The molecule has 2 N–H and O–H groups in total. The first-order valence-corrected chi connectivity index (χ1v) is 9.67. The molecule has 7 nitrogen and oxygen atoms in total. The summed E-state index contributed by atoms with van der Waals surface area (Å²) in [6.45, 7) is 5.48. The Labute approximate surface area is 157 Å². The smallest absolute Gasteiger partial charge is 0.261 e. The zero-order valence-electron chi connectivity index (χ0n) is 15.1. The number of nitrogens with zero attached hydrogens (tertiary/aromatic N) is 1. The third-order valence-corrected chi connectivity index (χ3v) is 5.13. The van der Waals surface area contributed by atoms with E-state index in [1.165, 1.54) is 24.3 Å². The Balaban J connectivity index is 1.84. The Bertz CT molecular complexity index is 1080. The number of aryl methyl sites for hydroxylation is 3. The van der Waals surface area contributed by atoms with Gasteiger partial charge in [-0.1, -0.05) is 17.3 Å². The summed E-state index contributed by atoms with van der Waals surface area (Å²) >= 11 is 0. The van der Waals surface area contributed by atoms with Crippen molar-refractivity contribution in [3.8, 4) is 0 Å². The molecule has 3 aromatic rings. The van der Waals surface area contributed by atoms with Crippen LogP contribution in [0.5, 0.6) is 0 Å². The minimum Gasteiger partial charge on any atom is -0.360 e. The van der Waals surface area contributed by atoms with E-state index >= 15 is 0 Å². The lowest BCUT2D eigenvalue weighted by Crippen LogP contribution is -2.16. The number of benzene rings is 2. The van der Waals surface area contributed by atoms with E-state index in [4.69, 9.17) is 4.52 Å². The molecule has 0 radical (unpaired) electrons. The summed E-state index contributed by atoms with van der Waals surface area (Å²) in [5.41, 5.74) is 2.56. The van der Waals surface area contributed by atoms with E-state index in [1.54, 1.807) is 25.1 Å². The summed E-state index contributed by atoms with van der Waals surface area (Å²) in [5.74, 6) is 0.338. The Morgan fingerprint density at radius 2 is 1.70 bits per heavy atom. The van der Waals surface area contributed by atoms with Gasteiger partial charge in [-0.3, -0.25) is 9.52 Å². The van der Waals surface area contributed by atoms with Crippen molar-refractivity contribution < 1.29 is 17.7 Å². The van der Waals surface area contributed by atoms with Crippen LogP contribution in [0, 0.1) is 20.8 Å². The fourth-order valence-corrected chi connectivity index (χ4v) is 3.75. The molecule has 0 fully saturated rings. The normalized spacial score (nSPS) is 11.2. The van der Waals surface area contributed by atoms with Gasteiger partial charge < -0.3 is 9.84 Å². The minimum atomic E-state index is -3.84. The fraction of sp³-hybridized carbons (Fsp3) is 0.158. The molecule has 0 aliphatic rings. The Kier molecular flexibility index (Phi) is 5.00. The van der Waals surface area contributed by atoms with Crippen LogP contribution < -0.4 is 10.0 Å². The topological polar surface area (TPSA) is 101 Å². The molecule has 140 valence electrons. The molecule has 3 rings (SSSR count). The maximum Gasteiger partial charge on any atom is 0.261 e. The van der Waals surface area contributed by atoms with Crippen LogP contribution in [0.4, 0.5) is 11.5 Å². The molecular weight excluding hydrogens is 366 g/mol. The Hall–Kier alpha value is -3.13. The average molecular weight is 385 g/mol. The molecule has 0 bridgehead atoms. The maximum absolute atomic E-state index is 12.7. The van der Waals surface area contributed by atoms with E-state index < -0.39 is 15.9 Å². The number of nitrogens with one attached hydrogen (secondary N) is 2. The Morgan fingerprint density at radius 3 is 2.33 bits per heavy atom. The summed E-state index contributed by atoms with van der Waals surface area (Å²) in [6.07, 6.45) is 0. The van der Waals surface area contributed by atoms with Gasteiger partial charge in [0, 0.05) is 17.3 Å². The number of aromatic nitrogens is 1. The number of anilines is 2. The number of hydrogen-bond donors (Lipinski definition) is 2. The zero-order valence-corrected chi connectivity index (χ0v) is 15.9. The van der Waals surface area contributed by atoms with E-state index in [2.05, 4.69) is 15.2 Å². The second-order valence-corrected chi connectivity index (χ2v) is 7.97. The highest BCUT2D eigenvalue weighted by molar-refractivity contribution is 7.92. The predicted octanol–water partition coefficient (Wildman–Crippen LogP) is 3.65. The lowest BCUT2D eigenvalue weighted by Gasteiger charge is -2.11. The minimum absolute atomic E-state index is 0.00866. The number of amides is 1. The van der Waals surface area contributed by atoms with Gasteiger partial charge in [0.1, 0.15) is 5.76 Å². The van der Waals surface area contributed by atoms with Crippen LogP contribution >= 0.6 is 0 Å². The molecule has 0 unspecified atom stereocenters. The molecule has 0 spiro atoms. The van der Waals surface area contributed by atoms with Gasteiger partial charge in [0.05, 0.1) is 4.90 Å². The van der Waals surface area contributed by atoms with E-state index in [-0.39, 0.29) is 16.3 Å². The van der Waals surface area contributed by atoms with Crippen molar-refractivity contribution in [2.45, 2.75) is 25.7 Å². The lowest BCUT2D eigenvalue weighted by molar-refractivity contribution is 0.102. The molecule has 2 aromatic carbocycles. The van der Waals surface area contributed by atoms with Crippen molar-refractivity contribution in [1.82, 2.24) is 5.16 Å². The van der Waals surface area contributed by atoms with Crippen molar-refractivity contribution in [1.29, 1.82) is 0 Å². The molecule has 27 heavy (non-hydrogen) atoms. The van der Waals surface area contributed by atoms with Crippen LogP contribution in [-0.2, 0) is 10.0 Å². The fourth-order valence-electron chi connectivity index (χ4n) is 2.67. The molecule has 1 aromatic heterocycles. The van der Waals surface area contributed by atoms with Gasteiger partial charge in [-0.25, -0.2) is 8.42 Å². The highest BCUT2D eigenvalue weighted by Crippen LogP contribution is 2.20. The third-order valence-electron chi connectivity index (χ3n) is 3.75. The van der Waals surface area contributed by atoms with Gasteiger partial charge in [0.2, 0.25) is 0 Å². The van der Waals surface area contributed by atoms with Gasteiger partial charge in [-0.05, 0) is 62.2 Å². The number of carbonyl (C=O) groups excluding carboxylic acids is 1. The van der Waals surface area contributed by atoms with Gasteiger partial charge in [-0.2, -0.15) is 0 Å². The highest BCUT2D eigenvalue weighted by atomic mass is 32.2. The molecule has 8 heteroatoms. The summed E-state index contributed by atoms with van der Waals surface area (Å²) in [6, 6.07) is 12.8. The number of sulfonamides is 1. The van der Waals surface area contributed by atoms with Crippen LogP contribution in [0.25, 0.3) is 0 Å². The van der Waals surface area contributed by atoms with E-state index in [1.807, 2.05) is 19.9 Å². The van der Waals surface area contributed by atoms with Crippen LogP contribution in [0.2, 0.25) is 0 Å². The predicted molar refractivity (Wildman–Crippen MR) is 102 cm³/mol. The zero-order chi connectivity index (χ0) is 19.6. The molecule has 0 saturated heterocycles. The average Bonchev–Trinajstić information content (AvgIpc) is 2.98. The molecule has 1 amide bonds. The standard InChI is InChI=1S/C19H19N3O4S/c1-12-7-13(2)9-16(8-12)22-27(24,25)17-6-4-5-15(11-17)19(23)20-18-10-14(3)26-21-18/h4-11,22H,1-3H3,(H,20,21,23). The number of carbonyl (C=O) groups is 1. The second-order valence-electron chi connectivity index (χ2n) is 6.29. The van der Waals surface area contributed by atoms with E-state index in [0.29, 0.717) is 11.4 Å². The largest absolute Gasteiger partial charge is 0.360 e. The number of hydrogen-bond acceptors (Lipinski definition) is 5. The third kappa shape index (κ3) is 4.53. The van der Waals surface area contributed by atoms with Gasteiger partial charge in [0.15, 0.2) is 5.82 Å². The molecular formula is C19H19N3O4S. The summed E-state index contributed by atoms with van der Waals surface area (Å²) in [5, 5.41) is 6.25. The van der Waals surface area contributed by atoms with E-state index in [0.717, 1.165) is 11.1 Å². The monoisotopic (exact) mass is 385 g/mol. The summed E-state index contributed by atoms with van der Waals surface area (Å²) < 4.78 is 32.8. The molecule has 0 aliphatic heterocycles. The van der Waals surface area contributed by atoms with Crippen molar-refractivity contribution in [3.05, 3.63) is 71.0 Å². The van der Waals surface area contributed by atoms with Crippen molar-refractivity contribution in [2.75, 3.05) is 10.0 Å². The van der Waals surface area contributed by atoms with Crippen LogP contribution in [0.3, 0.4) is 0 Å². The van der Waals surface area contributed by atoms with Gasteiger partial charge in [-0.15, -0.1) is 0 Å². The first kappa shape index (κ1) is 18.7. The van der Waals surface area contributed by atoms with Gasteiger partial charge >= 0.3 is 0 Å². The van der Waals surface area contributed by atoms with Crippen molar-refractivity contribution >= 4 is 27.4 Å². The van der Waals surface area contributed by atoms with Crippen molar-refractivity contribution in [3.63, 3.8) is 0 Å². The van der Waals surface area contributed by atoms with Crippen molar-refractivity contribution in [2.24, 2.45) is 0 Å². The second kappa shape index (κ2) is 7.24. The van der Waals surface area contributed by atoms with Crippen LogP contribution in [-0.4, -0.2) is 19.5 Å². The summed E-state index contributed by atoms with van der Waals surface area (Å²) in [4.78, 5) is 12.3. The molecule has 0 saturated carbocycles. The first-order chi connectivity index (χ1) is 12.7. The highest BCUT2D eigenvalue weighted by Gasteiger charge is 2.17. The lowest BCUT2D eigenvalue weighted by atomic mass is 10.1. The summed E-state index contributed by atoms with van der Waals surface area (Å²) in [7, 11) is -3.84. The van der Waals surface area contributed by atoms with Gasteiger partial charge in [0.25, 0.3) is 15.9 Å². The molecule has 0 aliphatic carbocycles. The van der Waals surface area contributed by atoms with Crippen LogP contribution in [0.1, 0.15) is 27.2 Å². The maximum atomic E-state index is 12.7. The molecule has 1 heterocycles. The quantitative estimate of drug-likeness (QED) is 0.698. The molecule has 0 atom stereocenters. The van der Waals surface area contributed by atoms with Crippen LogP contribution in [0.15, 0.2) is 57.9 Å².